The Morgan fingerprint density at radius 2 is 2.10 bits per heavy atom. The second-order valence-electron chi connectivity index (χ2n) is 7.24. The molecule has 3 rings (SSSR count). The highest BCUT2D eigenvalue weighted by atomic mass is 16.5. The number of nitrogens with one attached hydrogen (secondary N) is 1. The molecule has 2 aromatic heterocycles. The zero-order chi connectivity index (χ0) is 23.1. The fourth-order valence-corrected chi connectivity index (χ4v) is 3.54. The SMILES string of the molecule is C=C/C=C\C=C(/C)C(CC)c1nccn1C.COCc1nc2c([nH]1)CCCC2.O=CO. The Balaban J connectivity index is 0.000000282. The van der Waals surface area contributed by atoms with Crippen LogP contribution in [0.5, 0.6) is 0 Å². The number of methoxy groups -OCH3 is 1. The minimum atomic E-state index is -0.250. The minimum absolute atomic E-state index is 0.250. The smallest absolute Gasteiger partial charge is 0.290 e. The van der Waals surface area contributed by atoms with Gasteiger partial charge in [-0.2, -0.15) is 0 Å². The van der Waals surface area contributed by atoms with Gasteiger partial charge in [0.2, 0.25) is 0 Å². The van der Waals surface area contributed by atoms with Crippen molar-refractivity contribution >= 4 is 6.47 Å². The van der Waals surface area contributed by atoms with Gasteiger partial charge in [-0.1, -0.05) is 43.4 Å². The first-order chi connectivity index (χ1) is 15.0. The molecule has 2 aromatic rings. The zero-order valence-electron chi connectivity index (χ0n) is 19.2. The Morgan fingerprint density at radius 1 is 1.39 bits per heavy atom. The number of rotatable bonds is 7. The van der Waals surface area contributed by atoms with Crippen LogP contribution in [0.3, 0.4) is 0 Å². The number of hydrogen-bond donors (Lipinski definition) is 2. The van der Waals surface area contributed by atoms with E-state index in [2.05, 4.69) is 46.0 Å². The van der Waals surface area contributed by atoms with Gasteiger partial charge in [0.1, 0.15) is 18.3 Å². The summed E-state index contributed by atoms with van der Waals surface area (Å²) >= 11 is 0. The van der Waals surface area contributed by atoms with E-state index in [4.69, 9.17) is 14.6 Å². The fourth-order valence-electron chi connectivity index (χ4n) is 3.54. The van der Waals surface area contributed by atoms with E-state index in [1.165, 1.54) is 29.8 Å². The summed E-state index contributed by atoms with van der Waals surface area (Å²) in [6.45, 7) is 8.35. The molecule has 1 atom stereocenters. The Morgan fingerprint density at radius 3 is 2.65 bits per heavy atom. The van der Waals surface area contributed by atoms with Crippen LogP contribution in [-0.4, -0.2) is 38.2 Å². The summed E-state index contributed by atoms with van der Waals surface area (Å²) in [4.78, 5) is 20.5. The van der Waals surface area contributed by atoms with E-state index in [0.717, 1.165) is 30.9 Å². The number of aromatic amines is 1. The summed E-state index contributed by atoms with van der Waals surface area (Å²) in [6.07, 6.45) is 17.6. The predicted octanol–water partition coefficient (Wildman–Crippen LogP) is 4.74. The lowest BCUT2D eigenvalue weighted by molar-refractivity contribution is -0.122. The average Bonchev–Trinajstić information content (AvgIpc) is 3.36. The van der Waals surface area contributed by atoms with Crippen LogP contribution in [0.15, 0.2) is 48.8 Å². The molecule has 1 aliphatic rings. The van der Waals surface area contributed by atoms with E-state index in [1.54, 1.807) is 13.2 Å². The number of imidazole rings is 2. The molecular weight excluding hydrogens is 392 g/mol. The van der Waals surface area contributed by atoms with Gasteiger partial charge in [-0.15, -0.1) is 0 Å². The molecule has 2 heterocycles. The zero-order valence-corrected chi connectivity index (χ0v) is 19.2. The van der Waals surface area contributed by atoms with Gasteiger partial charge in [-0.25, -0.2) is 9.97 Å². The van der Waals surface area contributed by atoms with Gasteiger partial charge >= 0.3 is 0 Å². The highest BCUT2D eigenvalue weighted by Gasteiger charge is 2.15. The van der Waals surface area contributed by atoms with Gasteiger partial charge < -0.3 is 19.4 Å². The van der Waals surface area contributed by atoms with Crippen molar-refractivity contribution in [3.8, 4) is 0 Å². The number of aryl methyl sites for hydroxylation is 3. The lowest BCUT2D eigenvalue weighted by atomic mass is 9.96. The molecule has 170 valence electrons. The van der Waals surface area contributed by atoms with Gasteiger partial charge in [-0.05, 0) is 39.0 Å². The van der Waals surface area contributed by atoms with Crippen LogP contribution < -0.4 is 0 Å². The lowest BCUT2D eigenvalue weighted by Gasteiger charge is -2.15. The molecule has 0 radical (unpaired) electrons. The van der Waals surface area contributed by atoms with Crippen molar-refractivity contribution in [3.05, 3.63) is 71.9 Å². The first-order valence-electron chi connectivity index (χ1n) is 10.6. The molecule has 1 aliphatic carbocycles. The fraction of sp³-hybridized carbons (Fsp3) is 0.458. The van der Waals surface area contributed by atoms with Crippen LogP contribution in [0.1, 0.15) is 62.1 Å². The summed E-state index contributed by atoms with van der Waals surface area (Å²) in [5.41, 5.74) is 3.91. The third-order valence-electron chi connectivity index (χ3n) is 5.02. The Labute approximate surface area is 185 Å². The maximum Gasteiger partial charge on any atom is 0.290 e. The normalized spacial score (nSPS) is 14.0. The molecule has 0 amide bonds. The number of allylic oxidation sites excluding steroid dienone is 5. The minimum Gasteiger partial charge on any atom is -0.483 e. The molecule has 31 heavy (non-hydrogen) atoms. The standard InChI is InChI=1S/C14H20N2.C9H14N2O.CH2O2/c1-5-7-8-9-12(3)13(6-2)14-15-10-11-16(14)4;1-12-6-9-10-7-4-2-3-5-8(7)11-9;2-1-3/h5,7-11,13H,1,6H2,2-4H3;2-6H2,1H3,(H,10,11);1H,(H,2,3)/b8-7-,12-9+;;. The Kier molecular flexibility index (Phi) is 12.6. The van der Waals surface area contributed by atoms with E-state index < -0.39 is 0 Å². The highest BCUT2D eigenvalue weighted by Crippen LogP contribution is 2.25. The van der Waals surface area contributed by atoms with Gasteiger partial charge in [0, 0.05) is 38.2 Å². The van der Waals surface area contributed by atoms with Gasteiger partial charge in [-0.3, -0.25) is 4.79 Å². The first-order valence-corrected chi connectivity index (χ1v) is 10.6. The summed E-state index contributed by atoms with van der Waals surface area (Å²) in [6, 6.07) is 0. The van der Waals surface area contributed by atoms with Crippen LogP contribution in [-0.2, 0) is 36.0 Å². The monoisotopic (exact) mass is 428 g/mol. The van der Waals surface area contributed by atoms with E-state index >= 15 is 0 Å². The number of aromatic nitrogens is 4. The van der Waals surface area contributed by atoms with Crippen LogP contribution in [0.4, 0.5) is 0 Å². The predicted molar refractivity (Wildman–Crippen MR) is 124 cm³/mol. The molecule has 0 aromatic carbocycles. The van der Waals surface area contributed by atoms with Crippen molar-refractivity contribution < 1.29 is 14.6 Å². The van der Waals surface area contributed by atoms with Crippen molar-refractivity contribution in [1.82, 2.24) is 19.5 Å². The maximum absolute atomic E-state index is 8.36. The second-order valence-corrected chi connectivity index (χ2v) is 7.24. The molecule has 0 spiro atoms. The number of ether oxygens (including phenoxy) is 1. The van der Waals surface area contributed by atoms with E-state index in [-0.39, 0.29) is 6.47 Å². The first kappa shape index (κ1) is 26.1. The van der Waals surface area contributed by atoms with Crippen LogP contribution >= 0.6 is 0 Å². The molecule has 0 saturated heterocycles. The van der Waals surface area contributed by atoms with Crippen molar-refractivity contribution in [2.75, 3.05) is 7.11 Å². The second kappa shape index (κ2) is 15.0. The maximum atomic E-state index is 8.36. The van der Waals surface area contributed by atoms with Crippen LogP contribution in [0.2, 0.25) is 0 Å². The third-order valence-corrected chi connectivity index (χ3v) is 5.02. The molecule has 0 bridgehead atoms. The molecule has 0 saturated carbocycles. The van der Waals surface area contributed by atoms with Crippen LogP contribution in [0.25, 0.3) is 0 Å². The quantitative estimate of drug-likeness (QED) is 0.491. The lowest BCUT2D eigenvalue weighted by Crippen LogP contribution is -2.06. The van der Waals surface area contributed by atoms with E-state index in [9.17, 15) is 0 Å². The third kappa shape index (κ3) is 8.76. The van der Waals surface area contributed by atoms with E-state index in [1.807, 2.05) is 31.6 Å². The van der Waals surface area contributed by atoms with Crippen LogP contribution in [0, 0.1) is 0 Å². The van der Waals surface area contributed by atoms with Crippen molar-refractivity contribution in [2.45, 2.75) is 58.5 Å². The summed E-state index contributed by atoms with van der Waals surface area (Å²) in [5.74, 6) is 2.50. The summed E-state index contributed by atoms with van der Waals surface area (Å²) in [5, 5.41) is 6.89. The number of H-pyrrole nitrogens is 1. The molecular formula is C24H36N4O3. The number of fused-ring (bicyclic) bond motifs is 1. The topological polar surface area (TPSA) is 93.0 Å². The molecule has 1 unspecified atom stereocenters. The summed E-state index contributed by atoms with van der Waals surface area (Å²) < 4.78 is 7.10. The van der Waals surface area contributed by atoms with Gasteiger partial charge in [0.25, 0.3) is 6.47 Å². The summed E-state index contributed by atoms with van der Waals surface area (Å²) in [7, 11) is 3.74. The molecule has 0 aliphatic heterocycles. The van der Waals surface area contributed by atoms with Gasteiger partial charge in [0.05, 0.1) is 5.69 Å². The Hall–Kier alpha value is -2.93. The van der Waals surface area contributed by atoms with Gasteiger partial charge in [0.15, 0.2) is 0 Å². The largest absolute Gasteiger partial charge is 0.483 e. The average molecular weight is 429 g/mol. The Bertz CT molecular complexity index is 825. The molecule has 0 fully saturated rings. The number of carbonyl (C=O) groups is 1. The van der Waals surface area contributed by atoms with Crippen molar-refractivity contribution in [3.63, 3.8) is 0 Å². The van der Waals surface area contributed by atoms with E-state index in [0.29, 0.717) is 12.5 Å². The number of carboxylic acid groups (broad SMARTS) is 1. The van der Waals surface area contributed by atoms with Crippen molar-refractivity contribution in [2.24, 2.45) is 7.05 Å². The van der Waals surface area contributed by atoms with Crippen molar-refractivity contribution in [1.29, 1.82) is 0 Å². The number of hydrogen-bond acceptors (Lipinski definition) is 4. The molecule has 2 N–H and O–H groups in total. The molecule has 7 nitrogen and oxygen atoms in total. The number of nitrogens with zero attached hydrogens (tertiary/aromatic N) is 3. The highest BCUT2D eigenvalue weighted by molar-refractivity contribution is 5.32. The molecule has 7 heteroatoms.